The molecular formula is C14H17NO5S. The fourth-order valence-electron chi connectivity index (χ4n) is 1.50. The summed E-state index contributed by atoms with van der Waals surface area (Å²) >= 11 is 1.15. The molecule has 0 spiro atoms. The van der Waals surface area contributed by atoms with Crippen molar-refractivity contribution in [3.8, 4) is 0 Å². The van der Waals surface area contributed by atoms with Gasteiger partial charge in [0.15, 0.2) is 0 Å². The molecule has 1 aromatic carbocycles. The van der Waals surface area contributed by atoms with E-state index in [2.05, 4.69) is 10.1 Å². The van der Waals surface area contributed by atoms with E-state index in [1.807, 2.05) is 0 Å². The Bertz CT molecular complexity index is 518. The quantitative estimate of drug-likeness (QED) is 0.772. The Morgan fingerprint density at radius 3 is 2.57 bits per heavy atom. The smallest absolute Gasteiger partial charge is 0.339 e. The van der Waals surface area contributed by atoms with Gasteiger partial charge in [-0.05, 0) is 19.1 Å². The fraction of sp³-hybridized carbons (Fsp3) is 0.357. The van der Waals surface area contributed by atoms with Crippen LogP contribution in [-0.2, 0) is 19.1 Å². The molecule has 0 atom stereocenters. The van der Waals surface area contributed by atoms with E-state index in [-0.39, 0.29) is 28.9 Å². The highest BCUT2D eigenvalue weighted by Crippen LogP contribution is 2.16. The van der Waals surface area contributed by atoms with Crippen molar-refractivity contribution < 1.29 is 23.9 Å². The number of carbonyl (C=O) groups is 3. The van der Waals surface area contributed by atoms with Crippen LogP contribution in [0.4, 0.5) is 5.69 Å². The first-order valence-corrected chi connectivity index (χ1v) is 7.44. The van der Waals surface area contributed by atoms with Crippen LogP contribution in [0, 0.1) is 0 Å². The Balaban J connectivity index is 2.52. The highest BCUT2D eigenvalue weighted by atomic mass is 32.2. The molecule has 7 heteroatoms. The van der Waals surface area contributed by atoms with E-state index in [0.29, 0.717) is 12.3 Å². The summed E-state index contributed by atoms with van der Waals surface area (Å²) in [5.74, 6) is -0.982. The van der Waals surface area contributed by atoms with Gasteiger partial charge in [0.2, 0.25) is 5.91 Å². The van der Waals surface area contributed by atoms with Crippen LogP contribution in [0.25, 0.3) is 0 Å². The largest absolute Gasteiger partial charge is 0.465 e. The van der Waals surface area contributed by atoms with E-state index in [1.54, 1.807) is 31.2 Å². The molecule has 1 rings (SSSR count). The average Bonchev–Trinajstić information content (AvgIpc) is 2.47. The van der Waals surface area contributed by atoms with Crippen molar-refractivity contribution in [3.05, 3.63) is 29.8 Å². The number of rotatable bonds is 7. The first kappa shape index (κ1) is 17.0. The van der Waals surface area contributed by atoms with E-state index >= 15 is 0 Å². The maximum atomic E-state index is 11.8. The van der Waals surface area contributed by atoms with Crippen LogP contribution in [0.1, 0.15) is 17.3 Å². The van der Waals surface area contributed by atoms with Gasteiger partial charge in [-0.1, -0.05) is 12.1 Å². The highest BCUT2D eigenvalue weighted by molar-refractivity contribution is 8.00. The van der Waals surface area contributed by atoms with E-state index in [1.165, 1.54) is 7.11 Å². The molecule has 0 unspecified atom stereocenters. The predicted octanol–water partition coefficient (Wildman–Crippen LogP) is 1.71. The summed E-state index contributed by atoms with van der Waals surface area (Å²) < 4.78 is 9.40. The Morgan fingerprint density at radius 2 is 1.90 bits per heavy atom. The zero-order valence-electron chi connectivity index (χ0n) is 11.9. The summed E-state index contributed by atoms with van der Waals surface area (Å²) in [5.41, 5.74) is 0.662. The van der Waals surface area contributed by atoms with Crippen molar-refractivity contribution in [3.63, 3.8) is 0 Å². The van der Waals surface area contributed by atoms with Crippen molar-refractivity contribution in [1.29, 1.82) is 0 Å². The number of hydrogen-bond donors (Lipinski definition) is 1. The number of nitrogens with one attached hydrogen (secondary N) is 1. The summed E-state index contributed by atoms with van der Waals surface area (Å²) in [6.45, 7) is 2.04. The number of thioether (sulfide) groups is 1. The van der Waals surface area contributed by atoms with Crippen LogP contribution in [0.2, 0.25) is 0 Å². The van der Waals surface area contributed by atoms with Gasteiger partial charge >= 0.3 is 11.9 Å². The van der Waals surface area contributed by atoms with Crippen molar-refractivity contribution in [2.24, 2.45) is 0 Å². The molecule has 6 nitrogen and oxygen atoms in total. The molecule has 0 fully saturated rings. The van der Waals surface area contributed by atoms with Gasteiger partial charge in [0.05, 0.1) is 36.5 Å². The lowest BCUT2D eigenvalue weighted by atomic mass is 10.2. The Kier molecular flexibility index (Phi) is 7.31. The molecule has 0 aliphatic heterocycles. The SMILES string of the molecule is CCOC(=O)CSCC(=O)Nc1ccccc1C(=O)OC. The lowest BCUT2D eigenvalue weighted by Crippen LogP contribution is -2.18. The van der Waals surface area contributed by atoms with Crippen LogP contribution in [0.15, 0.2) is 24.3 Å². The van der Waals surface area contributed by atoms with Crippen LogP contribution < -0.4 is 5.32 Å². The molecule has 0 saturated heterocycles. The maximum absolute atomic E-state index is 11.8. The Labute approximate surface area is 127 Å². The van der Waals surface area contributed by atoms with Gasteiger partial charge in [-0.25, -0.2) is 4.79 Å². The molecule has 0 saturated carbocycles. The summed E-state index contributed by atoms with van der Waals surface area (Å²) in [6, 6.07) is 6.55. The standard InChI is InChI=1S/C14H17NO5S/c1-3-20-13(17)9-21-8-12(16)15-11-7-5-4-6-10(11)14(18)19-2/h4-7H,3,8-9H2,1-2H3,(H,15,16). The lowest BCUT2D eigenvalue weighted by molar-refractivity contribution is -0.139. The summed E-state index contributed by atoms with van der Waals surface area (Å²) in [6.07, 6.45) is 0. The average molecular weight is 311 g/mol. The summed E-state index contributed by atoms with van der Waals surface area (Å²) in [5, 5.41) is 2.62. The number of anilines is 1. The minimum Gasteiger partial charge on any atom is -0.465 e. The molecule has 1 aromatic rings. The van der Waals surface area contributed by atoms with Crippen LogP contribution in [-0.4, -0.2) is 43.1 Å². The van der Waals surface area contributed by atoms with Gasteiger partial charge in [0.25, 0.3) is 0 Å². The molecule has 21 heavy (non-hydrogen) atoms. The van der Waals surface area contributed by atoms with Gasteiger partial charge < -0.3 is 14.8 Å². The number of ether oxygens (including phenoxy) is 2. The summed E-state index contributed by atoms with van der Waals surface area (Å²) in [7, 11) is 1.27. The summed E-state index contributed by atoms with van der Waals surface area (Å²) in [4.78, 5) is 34.5. The Morgan fingerprint density at radius 1 is 1.19 bits per heavy atom. The maximum Gasteiger partial charge on any atom is 0.339 e. The van der Waals surface area contributed by atoms with Crippen LogP contribution in [0.3, 0.4) is 0 Å². The third-order valence-electron chi connectivity index (χ3n) is 2.36. The van der Waals surface area contributed by atoms with Gasteiger partial charge in [-0.15, -0.1) is 11.8 Å². The first-order chi connectivity index (χ1) is 10.1. The number of esters is 2. The van der Waals surface area contributed by atoms with Gasteiger partial charge in [0, 0.05) is 0 Å². The van der Waals surface area contributed by atoms with Gasteiger partial charge in [-0.3, -0.25) is 9.59 Å². The molecule has 0 aliphatic rings. The molecular weight excluding hydrogens is 294 g/mol. The lowest BCUT2D eigenvalue weighted by Gasteiger charge is -2.09. The number of carbonyl (C=O) groups excluding carboxylic acids is 3. The second-order valence-corrected chi connectivity index (χ2v) is 4.87. The molecule has 0 bridgehead atoms. The normalized spacial score (nSPS) is 9.81. The number of benzene rings is 1. The Hall–Kier alpha value is -2.02. The zero-order chi connectivity index (χ0) is 15.7. The monoisotopic (exact) mass is 311 g/mol. The van der Waals surface area contributed by atoms with E-state index in [0.717, 1.165) is 11.8 Å². The van der Waals surface area contributed by atoms with Crippen LogP contribution >= 0.6 is 11.8 Å². The van der Waals surface area contributed by atoms with Crippen molar-refractivity contribution >= 4 is 35.3 Å². The van der Waals surface area contributed by atoms with E-state index in [9.17, 15) is 14.4 Å². The molecule has 0 aromatic heterocycles. The molecule has 0 aliphatic carbocycles. The molecule has 0 radical (unpaired) electrons. The first-order valence-electron chi connectivity index (χ1n) is 6.29. The second kappa shape index (κ2) is 9.02. The van der Waals surface area contributed by atoms with E-state index < -0.39 is 5.97 Å². The van der Waals surface area contributed by atoms with Crippen LogP contribution in [0.5, 0.6) is 0 Å². The number of para-hydroxylation sites is 1. The van der Waals surface area contributed by atoms with Gasteiger partial charge in [-0.2, -0.15) is 0 Å². The fourth-order valence-corrected chi connectivity index (χ4v) is 2.11. The third-order valence-corrected chi connectivity index (χ3v) is 3.27. The molecule has 114 valence electrons. The number of methoxy groups -OCH3 is 1. The van der Waals surface area contributed by atoms with Crippen molar-refractivity contribution in [1.82, 2.24) is 0 Å². The minimum absolute atomic E-state index is 0.0916. The number of hydrogen-bond acceptors (Lipinski definition) is 6. The van der Waals surface area contributed by atoms with E-state index in [4.69, 9.17) is 4.74 Å². The number of amides is 1. The zero-order valence-corrected chi connectivity index (χ0v) is 12.7. The third kappa shape index (κ3) is 5.86. The minimum atomic E-state index is -0.523. The molecule has 1 N–H and O–H groups in total. The molecule has 1 amide bonds. The van der Waals surface area contributed by atoms with Crippen molar-refractivity contribution in [2.75, 3.05) is 30.5 Å². The topological polar surface area (TPSA) is 81.7 Å². The van der Waals surface area contributed by atoms with Crippen molar-refractivity contribution in [2.45, 2.75) is 6.92 Å². The molecule has 0 heterocycles. The van der Waals surface area contributed by atoms with Gasteiger partial charge in [0.1, 0.15) is 0 Å². The highest BCUT2D eigenvalue weighted by Gasteiger charge is 2.13. The predicted molar refractivity (Wildman–Crippen MR) is 80.4 cm³/mol. The second-order valence-electron chi connectivity index (χ2n) is 3.88.